The van der Waals surface area contributed by atoms with Gasteiger partial charge in [0, 0.05) is 17.1 Å². The maximum Gasteiger partial charge on any atom is 0.410 e. The molecule has 0 atom stereocenters. The summed E-state index contributed by atoms with van der Waals surface area (Å²) >= 11 is 0. The quantitative estimate of drug-likeness (QED) is 0.497. The van der Waals surface area contributed by atoms with E-state index in [2.05, 4.69) is 25.7 Å². The van der Waals surface area contributed by atoms with Crippen LogP contribution >= 0.6 is 0 Å². The molecule has 1 amide bonds. The number of carboxylic acid groups (broad SMARTS) is 1. The minimum Gasteiger partial charge on any atom is -0.465 e. The Bertz CT molecular complexity index is 1080. The van der Waals surface area contributed by atoms with Gasteiger partial charge in [-0.2, -0.15) is 15.4 Å². The number of para-hydroxylation sites is 1. The van der Waals surface area contributed by atoms with E-state index in [1.165, 1.54) is 19.3 Å². The number of H-pyrrole nitrogens is 1. The number of nitrogens with one attached hydrogen (secondary N) is 2. The number of pyridine rings is 1. The smallest absolute Gasteiger partial charge is 0.410 e. The summed E-state index contributed by atoms with van der Waals surface area (Å²) in [7, 11) is 0. The number of nitrogens with zero attached hydrogens (tertiary/aromatic N) is 3. The first-order valence-corrected chi connectivity index (χ1v) is 8.40. The lowest BCUT2D eigenvalue weighted by molar-refractivity contribution is 0.209. The molecular weight excluding hydrogens is 330 g/mol. The summed E-state index contributed by atoms with van der Waals surface area (Å²) in [5, 5.41) is 23.7. The number of benzene rings is 2. The molecule has 1 aliphatic rings. The number of aromatic amines is 1. The molecule has 0 saturated heterocycles. The molecule has 4 aromatic rings. The standard InChI is InChI=1S/C16H11N5O2.C3H6/c22-16(23)18-14-7-9-4-5-10(6-11(9)8-17-14)12-2-1-3-13-15(12)20-21-19-13;1-2-3-1/h1-8H,(H,17,18)(H,22,23)(H,19,20,21);1-3H2. The van der Waals surface area contributed by atoms with Crippen molar-refractivity contribution < 1.29 is 9.90 Å². The van der Waals surface area contributed by atoms with Crippen LogP contribution in [0.15, 0.2) is 48.7 Å². The number of anilines is 1. The lowest BCUT2D eigenvalue weighted by Crippen LogP contribution is -2.08. The van der Waals surface area contributed by atoms with Crippen LogP contribution in [-0.4, -0.2) is 31.6 Å². The van der Waals surface area contributed by atoms with Crippen LogP contribution in [0.25, 0.3) is 32.9 Å². The van der Waals surface area contributed by atoms with Gasteiger partial charge in [-0.15, -0.1) is 0 Å². The van der Waals surface area contributed by atoms with E-state index in [9.17, 15) is 4.79 Å². The fourth-order valence-electron chi connectivity index (χ4n) is 2.59. The highest BCUT2D eigenvalue weighted by atomic mass is 16.4. The molecule has 0 bridgehead atoms. The van der Waals surface area contributed by atoms with Crippen LogP contribution in [0, 0.1) is 0 Å². The van der Waals surface area contributed by atoms with E-state index in [-0.39, 0.29) is 0 Å². The summed E-state index contributed by atoms with van der Waals surface area (Å²) in [5.74, 6) is 0.302. The van der Waals surface area contributed by atoms with Gasteiger partial charge in [0.05, 0.1) is 0 Å². The fraction of sp³-hybridized carbons (Fsp3) is 0.158. The van der Waals surface area contributed by atoms with Gasteiger partial charge in [-0.25, -0.2) is 9.78 Å². The van der Waals surface area contributed by atoms with Crippen LogP contribution in [-0.2, 0) is 0 Å². The van der Waals surface area contributed by atoms with Crippen molar-refractivity contribution in [3.63, 3.8) is 0 Å². The summed E-state index contributed by atoms with van der Waals surface area (Å²) in [5.41, 5.74) is 3.59. The maximum atomic E-state index is 10.7. The molecule has 1 aliphatic carbocycles. The molecule has 0 spiro atoms. The topological polar surface area (TPSA) is 104 Å². The van der Waals surface area contributed by atoms with Crippen LogP contribution < -0.4 is 5.32 Å². The number of fused-ring (bicyclic) bond motifs is 2. The van der Waals surface area contributed by atoms with Crippen LogP contribution in [0.4, 0.5) is 10.6 Å². The van der Waals surface area contributed by atoms with Gasteiger partial charge < -0.3 is 5.11 Å². The van der Waals surface area contributed by atoms with Crippen molar-refractivity contribution in [2.75, 3.05) is 5.32 Å². The summed E-state index contributed by atoms with van der Waals surface area (Å²) < 4.78 is 0. The second-order valence-corrected chi connectivity index (χ2v) is 6.12. The van der Waals surface area contributed by atoms with E-state index in [1.54, 1.807) is 12.3 Å². The van der Waals surface area contributed by atoms with Crippen molar-refractivity contribution >= 4 is 33.7 Å². The predicted octanol–water partition coefficient (Wildman–Crippen LogP) is 4.43. The van der Waals surface area contributed by atoms with Crippen LogP contribution in [0.3, 0.4) is 0 Å². The van der Waals surface area contributed by atoms with E-state index in [0.717, 1.165) is 32.9 Å². The monoisotopic (exact) mass is 347 g/mol. The molecule has 0 unspecified atom stereocenters. The van der Waals surface area contributed by atoms with Crippen LogP contribution in [0.2, 0.25) is 0 Å². The number of hydrogen-bond donors (Lipinski definition) is 3. The Hall–Kier alpha value is -3.48. The molecule has 2 aromatic carbocycles. The Morgan fingerprint density at radius 3 is 2.65 bits per heavy atom. The molecule has 26 heavy (non-hydrogen) atoms. The third-order valence-corrected chi connectivity index (χ3v) is 3.97. The van der Waals surface area contributed by atoms with Crippen molar-refractivity contribution in [2.24, 2.45) is 0 Å². The number of amides is 1. The van der Waals surface area contributed by atoms with Crippen molar-refractivity contribution in [2.45, 2.75) is 19.3 Å². The first-order chi connectivity index (χ1) is 12.7. The van der Waals surface area contributed by atoms with Gasteiger partial charge >= 0.3 is 6.09 Å². The van der Waals surface area contributed by atoms with E-state index in [0.29, 0.717) is 5.82 Å². The Kier molecular flexibility index (Phi) is 4.18. The zero-order valence-electron chi connectivity index (χ0n) is 13.9. The highest BCUT2D eigenvalue weighted by Gasteiger charge is 2.08. The average molecular weight is 347 g/mol. The maximum absolute atomic E-state index is 10.7. The van der Waals surface area contributed by atoms with Crippen molar-refractivity contribution in [3.05, 3.63) is 48.7 Å². The van der Waals surface area contributed by atoms with Gasteiger partial charge in [-0.3, -0.25) is 5.32 Å². The molecule has 1 fully saturated rings. The van der Waals surface area contributed by atoms with E-state index in [1.807, 2.05) is 36.4 Å². The van der Waals surface area contributed by atoms with Crippen molar-refractivity contribution in [1.82, 2.24) is 20.4 Å². The van der Waals surface area contributed by atoms with Gasteiger partial charge in [-0.05, 0) is 29.1 Å². The number of aromatic nitrogens is 4. The number of carbonyl (C=O) groups is 1. The zero-order chi connectivity index (χ0) is 17.9. The third kappa shape index (κ3) is 3.46. The first kappa shape index (κ1) is 16.0. The molecule has 3 N–H and O–H groups in total. The molecule has 7 nitrogen and oxygen atoms in total. The lowest BCUT2D eigenvalue weighted by atomic mass is 10.0. The zero-order valence-corrected chi connectivity index (χ0v) is 13.9. The normalized spacial score (nSPS) is 12.5. The van der Waals surface area contributed by atoms with E-state index >= 15 is 0 Å². The van der Waals surface area contributed by atoms with E-state index < -0.39 is 6.09 Å². The summed E-state index contributed by atoms with van der Waals surface area (Å²) in [4.78, 5) is 14.8. The third-order valence-electron chi connectivity index (χ3n) is 3.97. The number of rotatable bonds is 2. The van der Waals surface area contributed by atoms with Gasteiger partial charge in [-0.1, -0.05) is 43.5 Å². The SMILES string of the molecule is C1CC1.O=C(O)Nc1cc2ccc(-c3cccc4n[nH]nc34)cc2cn1. The molecule has 130 valence electrons. The van der Waals surface area contributed by atoms with Gasteiger partial charge in [0.25, 0.3) is 0 Å². The number of hydrogen-bond acceptors (Lipinski definition) is 4. The molecule has 0 radical (unpaired) electrons. The minimum atomic E-state index is -1.13. The molecule has 1 saturated carbocycles. The van der Waals surface area contributed by atoms with Crippen LogP contribution in [0.5, 0.6) is 0 Å². The summed E-state index contributed by atoms with van der Waals surface area (Å²) in [6.45, 7) is 0. The molecule has 2 aromatic heterocycles. The second-order valence-electron chi connectivity index (χ2n) is 6.12. The first-order valence-electron chi connectivity index (χ1n) is 8.40. The Balaban J connectivity index is 0.000000510. The molecule has 7 heteroatoms. The Morgan fingerprint density at radius 2 is 1.88 bits per heavy atom. The summed E-state index contributed by atoms with van der Waals surface area (Å²) in [6, 6.07) is 13.4. The van der Waals surface area contributed by atoms with Crippen molar-refractivity contribution in [1.29, 1.82) is 0 Å². The molecular formula is C19H17N5O2. The van der Waals surface area contributed by atoms with Gasteiger partial charge in [0.2, 0.25) is 0 Å². The second kappa shape index (κ2) is 6.79. The lowest BCUT2D eigenvalue weighted by Gasteiger charge is -2.06. The summed E-state index contributed by atoms with van der Waals surface area (Å²) in [6.07, 6.45) is 5.01. The Morgan fingerprint density at radius 1 is 1.04 bits per heavy atom. The van der Waals surface area contributed by atoms with Crippen LogP contribution in [0.1, 0.15) is 19.3 Å². The van der Waals surface area contributed by atoms with E-state index in [4.69, 9.17) is 5.11 Å². The fourth-order valence-corrected chi connectivity index (χ4v) is 2.59. The van der Waals surface area contributed by atoms with Gasteiger partial charge in [0.15, 0.2) is 0 Å². The minimum absolute atomic E-state index is 0.302. The van der Waals surface area contributed by atoms with Crippen molar-refractivity contribution in [3.8, 4) is 11.1 Å². The molecule has 0 aliphatic heterocycles. The molecule has 5 rings (SSSR count). The average Bonchev–Trinajstić information content (AvgIpc) is 3.45. The van der Waals surface area contributed by atoms with Gasteiger partial charge in [0.1, 0.15) is 16.9 Å². The molecule has 2 heterocycles. The Labute approximate surface area is 149 Å². The highest BCUT2D eigenvalue weighted by Crippen LogP contribution is 2.29. The predicted molar refractivity (Wildman–Crippen MR) is 100 cm³/mol. The highest BCUT2D eigenvalue weighted by molar-refractivity contribution is 5.96. The largest absolute Gasteiger partial charge is 0.465 e.